The van der Waals surface area contributed by atoms with E-state index in [4.69, 9.17) is 18.5 Å². The number of halogens is 1. The molecule has 1 N–H and O–H groups in total. The van der Waals surface area contributed by atoms with Crippen molar-refractivity contribution in [2.24, 2.45) is 0 Å². The van der Waals surface area contributed by atoms with Crippen molar-refractivity contribution in [3.05, 3.63) is 70.1 Å². The molecule has 0 saturated carbocycles. The van der Waals surface area contributed by atoms with E-state index >= 15 is 0 Å². The maximum absolute atomic E-state index is 10.2. The van der Waals surface area contributed by atoms with Gasteiger partial charge in [-0.2, -0.15) is 0 Å². The van der Waals surface area contributed by atoms with Gasteiger partial charge in [0.05, 0.1) is 13.0 Å². The number of rotatable bonds is 1. The number of hydrogen-bond donors (Lipinski definition) is 1. The molecule has 0 bridgehead atoms. The molecule has 17 heavy (non-hydrogen) atoms. The van der Waals surface area contributed by atoms with Crippen LogP contribution in [0.25, 0.3) is 0 Å². The SMILES string of the molecule is [2H]c1c([2H])c([2H])c(C2CC(O)c3cc(Cl)ccc32)c([2H])c1[2H]. The molecule has 0 heterocycles. The fourth-order valence-corrected chi connectivity index (χ4v) is 2.52. The minimum absolute atomic E-state index is 0.217. The first kappa shape index (κ1) is 6.58. The largest absolute Gasteiger partial charge is 0.388 e. The minimum Gasteiger partial charge on any atom is -0.388 e. The molecule has 3 rings (SSSR count). The minimum atomic E-state index is -0.753. The van der Waals surface area contributed by atoms with E-state index in [2.05, 4.69) is 0 Å². The predicted octanol–water partition coefficient (Wildman–Crippen LogP) is 3.91. The first-order chi connectivity index (χ1) is 10.3. The van der Waals surface area contributed by atoms with Crippen LogP contribution >= 0.6 is 11.6 Å². The quantitative estimate of drug-likeness (QED) is 0.813. The first-order valence-corrected chi connectivity index (χ1v) is 5.75. The van der Waals surface area contributed by atoms with Gasteiger partial charge >= 0.3 is 0 Å². The summed E-state index contributed by atoms with van der Waals surface area (Å²) in [5, 5.41) is 10.7. The smallest absolute Gasteiger partial charge is 0.0802 e. The topological polar surface area (TPSA) is 20.2 Å². The highest BCUT2D eigenvalue weighted by molar-refractivity contribution is 6.30. The van der Waals surface area contributed by atoms with E-state index in [0.29, 0.717) is 10.6 Å². The van der Waals surface area contributed by atoms with Crippen molar-refractivity contribution >= 4 is 11.6 Å². The van der Waals surface area contributed by atoms with Gasteiger partial charge in [-0.1, -0.05) is 47.9 Å². The zero-order valence-electron chi connectivity index (χ0n) is 13.9. The average Bonchev–Trinajstić information content (AvgIpc) is 2.80. The molecule has 86 valence electrons. The average molecular weight is 250 g/mol. The van der Waals surface area contributed by atoms with Crippen LogP contribution < -0.4 is 0 Å². The van der Waals surface area contributed by atoms with E-state index in [-0.39, 0.29) is 36.2 Å². The normalized spacial score (nSPS) is 26.6. The molecular formula is C15H13ClO. The zero-order chi connectivity index (χ0) is 16.2. The summed E-state index contributed by atoms with van der Waals surface area (Å²) >= 11 is 5.95. The standard InChI is InChI=1S/C15H13ClO/c16-11-6-7-12-13(9-15(17)14(12)8-11)10-4-2-1-3-5-10/h1-8,13,15,17H,9H2/i1D,2D,3D,4D,5D. The van der Waals surface area contributed by atoms with Gasteiger partial charge in [-0.25, -0.2) is 0 Å². The highest BCUT2D eigenvalue weighted by atomic mass is 35.5. The van der Waals surface area contributed by atoms with Crippen molar-refractivity contribution in [2.75, 3.05) is 0 Å². The van der Waals surface area contributed by atoms with Gasteiger partial charge in [-0.15, -0.1) is 0 Å². The monoisotopic (exact) mass is 249 g/mol. The van der Waals surface area contributed by atoms with Crippen molar-refractivity contribution in [3.8, 4) is 0 Å². The second kappa shape index (κ2) is 4.17. The summed E-state index contributed by atoms with van der Waals surface area (Å²) in [6, 6.07) is 3.54. The van der Waals surface area contributed by atoms with Crippen LogP contribution in [0.3, 0.4) is 0 Å². The van der Waals surface area contributed by atoms with E-state index in [0.717, 1.165) is 5.56 Å². The van der Waals surface area contributed by atoms with Gasteiger partial charge in [0.15, 0.2) is 0 Å². The van der Waals surface area contributed by atoms with Crippen LogP contribution in [-0.4, -0.2) is 5.11 Å². The summed E-state index contributed by atoms with van der Waals surface area (Å²) in [4.78, 5) is 0. The molecule has 0 spiro atoms. The van der Waals surface area contributed by atoms with Crippen molar-refractivity contribution < 1.29 is 12.0 Å². The molecule has 2 heteroatoms. The molecular weight excluding hydrogens is 232 g/mol. The predicted molar refractivity (Wildman–Crippen MR) is 69.3 cm³/mol. The molecule has 0 amide bonds. The number of fused-ring (bicyclic) bond motifs is 1. The molecule has 1 nitrogen and oxygen atoms in total. The maximum atomic E-state index is 10.2. The lowest BCUT2D eigenvalue weighted by Gasteiger charge is -2.11. The summed E-state index contributed by atoms with van der Waals surface area (Å²) in [7, 11) is 0. The second-order valence-corrected chi connectivity index (χ2v) is 4.55. The van der Waals surface area contributed by atoms with Crippen molar-refractivity contribution in [1.82, 2.24) is 0 Å². The van der Waals surface area contributed by atoms with E-state index in [1.54, 1.807) is 18.2 Å². The fourth-order valence-electron chi connectivity index (χ4n) is 2.34. The Morgan fingerprint density at radius 3 is 2.71 bits per heavy atom. The Balaban J connectivity index is 2.23. The third-order valence-corrected chi connectivity index (χ3v) is 3.35. The van der Waals surface area contributed by atoms with Gasteiger partial charge in [0.25, 0.3) is 0 Å². The number of aliphatic hydroxyl groups excluding tert-OH is 1. The van der Waals surface area contributed by atoms with Gasteiger partial charge in [0.2, 0.25) is 0 Å². The van der Waals surface area contributed by atoms with Gasteiger partial charge in [0, 0.05) is 10.9 Å². The third kappa shape index (κ3) is 1.86. The molecule has 0 saturated heterocycles. The number of aliphatic hydroxyl groups is 1. The van der Waals surface area contributed by atoms with Crippen LogP contribution in [0.4, 0.5) is 0 Å². The van der Waals surface area contributed by atoms with Crippen LogP contribution in [0.5, 0.6) is 0 Å². The van der Waals surface area contributed by atoms with E-state index < -0.39 is 18.1 Å². The lowest BCUT2D eigenvalue weighted by Crippen LogP contribution is -1.95. The molecule has 0 radical (unpaired) electrons. The fraction of sp³-hybridized carbons (Fsp3) is 0.200. The molecule has 0 fully saturated rings. The Hall–Kier alpha value is -1.31. The highest BCUT2D eigenvalue weighted by Crippen LogP contribution is 2.44. The molecule has 1 aliphatic carbocycles. The van der Waals surface area contributed by atoms with Gasteiger partial charge in [-0.3, -0.25) is 0 Å². The molecule has 0 aromatic heterocycles. The summed E-state index contributed by atoms with van der Waals surface area (Å²) in [6.07, 6.45) is -0.472. The Kier molecular flexibility index (Phi) is 1.61. The van der Waals surface area contributed by atoms with E-state index in [1.165, 1.54) is 0 Å². The Bertz CT molecular complexity index is 748. The molecule has 2 unspecified atom stereocenters. The Morgan fingerprint density at radius 2 is 1.94 bits per heavy atom. The summed E-state index contributed by atoms with van der Waals surface area (Å²) < 4.78 is 39.3. The van der Waals surface area contributed by atoms with Gasteiger partial charge in [-0.05, 0) is 35.2 Å². The second-order valence-electron chi connectivity index (χ2n) is 4.12. The molecule has 2 aromatic carbocycles. The van der Waals surface area contributed by atoms with Crippen LogP contribution in [0.15, 0.2) is 48.4 Å². The molecule has 0 aliphatic heterocycles. The van der Waals surface area contributed by atoms with Crippen LogP contribution in [0, 0.1) is 0 Å². The lowest BCUT2D eigenvalue weighted by molar-refractivity contribution is 0.176. The van der Waals surface area contributed by atoms with Crippen LogP contribution in [0.2, 0.25) is 5.02 Å². The first-order valence-electron chi connectivity index (χ1n) is 7.87. The third-order valence-electron chi connectivity index (χ3n) is 3.11. The van der Waals surface area contributed by atoms with Crippen molar-refractivity contribution in [2.45, 2.75) is 18.4 Å². The highest BCUT2D eigenvalue weighted by Gasteiger charge is 2.30. The lowest BCUT2D eigenvalue weighted by atomic mass is 9.93. The molecule has 2 atom stereocenters. The van der Waals surface area contributed by atoms with E-state index in [1.807, 2.05) is 0 Å². The Labute approximate surface area is 113 Å². The summed E-state index contributed by atoms with van der Waals surface area (Å²) in [5.41, 5.74) is 1.64. The van der Waals surface area contributed by atoms with Crippen LogP contribution in [0.1, 0.15) is 42.0 Å². The zero-order valence-corrected chi connectivity index (χ0v) is 9.67. The maximum Gasteiger partial charge on any atom is 0.0802 e. The number of benzene rings is 2. The van der Waals surface area contributed by atoms with Crippen molar-refractivity contribution in [1.29, 1.82) is 0 Å². The molecule has 1 aliphatic rings. The van der Waals surface area contributed by atoms with Crippen molar-refractivity contribution in [3.63, 3.8) is 0 Å². The summed E-state index contributed by atoms with van der Waals surface area (Å²) in [5.74, 6) is -0.434. The Morgan fingerprint density at radius 1 is 1.18 bits per heavy atom. The summed E-state index contributed by atoms with van der Waals surface area (Å²) in [6.45, 7) is 0. The molecule has 2 aromatic rings. The van der Waals surface area contributed by atoms with E-state index in [9.17, 15) is 5.11 Å². The van der Waals surface area contributed by atoms with Gasteiger partial charge in [0.1, 0.15) is 0 Å². The van der Waals surface area contributed by atoms with Gasteiger partial charge < -0.3 is 5.11 Å². The van der Waals surface area contributed by atoms with Crippen LogP contribution in [-0.2, 0) is 0 Å². The number of hydrogen-bond acceptors (Lipinski definition) is 1.